The lowest BCUT2D eigenvalue weighted by molar-refractivity contribution is 0.0911. The summed E-state index contributed by atoms with van der Waals surface area (Å²) in [6.45, 7) is 7.32. The fourth-order valence-electron chi connectivity index (χ4n) is 4.46. The van der Waals surface area contributed by atoms with Gasteiger partial charge < -0.3 is 14.8 Å². The fraction of sp³-hybridized carbons (Fsp3) is 0.714. The highest BCUT2D eigenvalue weighted by Crippen LogP contribution is 2.32. The van der Waals surface area contributed by atoms with Gasteiger partial charge >= 0.3 is 0 Å². The molecule has 1 N–H and O–H groups in total. The van der Waals surface area contributed by atoms with E-state index in [1.54, 1.807) is 14.2 Å². The van der Waals surface area contributed by atoms with Crippen LogP contribution in [0.3, 0.4) is 0 Å². The minimum absolute atomic E-state index is 0.457. The third-order valence-corrected chi connectivity index (χ3v) is 6.01. The highest BCUT2D eigenvalue weighted by Gasteiger charge is 2.33. The summed E-state index contributed by atoms with van der Waals surface area (Å²) in [6, 6.07) is 7.06. The summed E-state index contributed by atoms with van der Waals surface area (Å²) in [5, 5.41) is 3.55. The quantitative estimate of drug-likeness (QED) is 0.819. The maximum Gasteiger partial charge on any atom is 0.160 e. The van der Waals surface area contributed by atoms with E-state index in [4.69, 9.17) is 9.47 Å². The first-order valence-electron chi connectivity index (χ1n) is 9.79. The van der Waals surface area contributed by atoms with Crippen molar-refractivity contribution in [2.24, 2.45) is 5.41 Å². The van der Waals surface area contributed by atoms with Gasteiger partial charge in [0.2, 0.25) is 0 Å². The monoisotopic (exact) mass is 346 g/mol. The molecule has 2 atom stereocenters. The lowest BCUT2D eigenvalue weighted by atomic mass is 9.86. The minimum atomic E-state index is 0.457. The number of benzene rings is 1. The number of likely N-dealkylation sites (tertiary alicyclic amines) is 1. The molecule has 2 fully saturated rings. The molecule has 0 radical (unpaired) electrons. The predicted molar refractivity (Wildman–Crippen MR) is 103 cm³/mol. The van der Waals surface area contributed by atoms with Crippen molar-refractivity contribution < 1.29 is 9.47 Å². The Kier molecular flexibility index (Phi) is 6.24. The Morgan fingerprint density at radius 3 is 2.76 bits per heavy atom. The van der Waals surface area contributed by atoms with Crippen molar-refractivity contribution >= 4 is 0 Å². The maximum absolute atomic E-state index is 5.45. The van der Waals surface area contributed by atoms with E-state index in [2.05, 4.69) is 29.3 Å². The molecule has 25 heavy (non-hydrogen) atoms. The normalized spacial score (nSPS) is 27.4. The number of methoxy groups -OCH3 is 2. The Balaban J connectivity index is 1.60. The van der Waals surface area contributed by atoms with Crippen LogP contribution < -0.4 is 14.8 Å². The molecule has 0 aromatic heterocycles. The van der Waals surface area contributed by atoms with Crippen LogP contribution in [0, 0.1) is 5.41 Å². The van der Waals surface area contributed by atoms with Gasteiger partial charge in [0, 0.05) is 19.1 Å². The molecule has 2 saturated heterocycles. The van der Waals surface area contributed by atoms with Crippen LogP contribution in [0.15, 0.2) is 18.2 Å². The van der Waals surface area contributed by atoms with Gasteiger partial charge in [-0.05, 0) is 68.3 Å². The van der Waals surface area contributed by atoms with Gasteiger partial charge in [-0.3, -0.25) is 4.90 Å². The smallest absolute Gasteiger partial charge is 0.160 e. The van der Waals surface area contributed by atoms with Crippen molar-refractivity contribution in [2.75, 3.05) is 40.4 Å². The molecule has 2 unspecified atom stereocenters. The van der Waals surface area contributed by atoms with E-state index < -0.39 is 0 Å². The summed E-state index contributed by atoms with van der Waals surface area (Å²) in [4.78, 5) is 2.78. The molecule has 0 spiro atoms. The molecule has 0 amide bonds. The van der Waals surface area contributed by atoms with E-state index >= 15 is 0 Å². The molecule has 2 heterocycles. The zero-order valence-electron chi connectivity index (χ0n) is 16.1. The van der Waals surface area contributed by atoms with E-state index in [9.17, 15) is 0 Å². The Labute approximate surface area is 152 Å². The molecule has 2 aliphatic heterocycles. The van der Waals surface area contributed by atoms with E-state index in [0.29, 0.717) is 5.41 Å². The van der Waals surface area contributed by atoms with Gasteiger partial charge in [0.1, 0.15) is 0 Å². The molecular weight excluding hydrogens is 312 g/mol. The van der Waals surface area contributed by atoms with E-state index in [1.165, 1.54) is 63.8 Å². The second-order valence-corrected chi connectivity index (χ2v) is 8.09. The Bertz CT molecular complexity index is 555. The summed E-state index contributed by atoms with van der Waals surface area (Å²) in [5.41, 5.74) is 1.80. The average molecular weight is 347 g/mol. The van der Waals surface area contributed by atoms with Crippen molar-refractivity contribution in [3.8, 4) is 11.5 Å². The summed E-state index contributed by atoms with van der Waals surface area (Å²) < 4.78 is 10.8. The van der Waals surface area contributed by atoms with E-state index in [1.807, 2.05) is 6.07 Å². The Hall–Kier alpha value is -1.26. The summed E-state index contributed by atoms with van der Waals surface area (Å²) in [6.07, 6.45) is 7.73. The molecule has 140 valence electrons. The van der Waals surface area contributed by atoms with Crippen LogP contribution >= 0.6 is 0 Å². The first-order chi connectivity index (χ1) is 12.1. The van der Waals surface area contributed by atoms with Crippen molar-refractivity contribution in [2.45, 2.75) is 51.5 Å². The lowest BCUT2D eigenvalue weighted by Crippen LogP contribution is -2.46. The van der Waals surface area contributed by atoms with Crippen molar-refractivity contribution in [3.05, 3.63) is 23.8 Å². The van der Waals surface area contributed by atoms with Gasteiger partial charge in [0.05, 0.1) is 14.2 Å². The van der Waals surface area contributed by atoms with Crippen molar-refractivity contribution in [1.29, 1.82) is 0 Å². The zero-order valence-corrected chi connectivity index (χ0v) is 16.1. The number of piperidine rings is 1. The average Bonchev–Trinajstić information content (AvgIpc) is 3.06. The van der Waals surface area contributed by atoms with E-state index in [0.717, 1.165) is 24.0 Å². The van der Waals surface area contributed by atoms with Crippen LogP contribution in [-0.4, -0.2) is 51.3 Å². The molecule has 4 heteroatoms. The first-order valence-corrected chi connectivity index (χ1v) is 9.79. The number of hydrogen-bond donors (Lipinski definition) is 1. The minimum Gasteiger partial charge on any atom is -0.493 e. The van der Waals surface area contributed by atoms with Gasteiger partial charge in [-0.2, -0.15) is 0 Å². The molecule has 2 aliphatic rings. The second-order valence-electron chi connectivity index (χ2n) is 8.09. The maximum atomic E-state index is 5.45. The van der Waals surface area contributed by atoms with Crippen LogP contribution in [0.2, 0.25) is 0 Å². The number of hydrogen-bond acceptors (Lipinski definition) is 4. The first kappa shape index (κ1) is 18.5. The number of ether oxygens (including phenoxy) is 2. The highest BCUT2D eigenvalue weighted by molar-refractivity contribution is 5.42. The molecule has 0 bridgehead atoms. The third kappa shape index (κ3) is 4.68. The lowest BCUT2D eigenvalue weighted by Gasteiger charge is -2.40. The number of nitrogens with one attached hydrogen (secondary N) is 1. The molecule has 3 rings (SSSR count). The molecule has 1 aromatic rings. The predicted octanol–water partition coefficient (Wildman–Crippen LogP) is 3.49. The van der Waals surface area contributed by atoms with Crippen LogP contribution in [0.5, 0.6) is 11.5 Å². The van der Waals surface area contributed by atoms with Crippen LogP contribution in [0.25, 0.3) is 0 Å². The van der Waals surface area contributed by atoms with Gasteiger partial charge in [0.15, 0.2) is 11.5 Å². The fourth-order valence-corrected chi connectivity index (χ4v) is 4.46. The third-order valence-electron chi connectivity index (χ3n) is 6.01. The van der Waals surface area contributed by atoms with Gasteiger partial charge in [-0.15, -0.1) is 0 Å². The van der Waals surface area contributed by atoms with Gasteiger partial charge in [-0.1, -0.05) is 19.4 Å². The molecular formula is C21H34N2O2. The summed E-state index contributed by atoms with van der Waals surface area (Å²) >= 11 is 0. The topological polar surface area (TPSA) is 33.7 Å². The van der Waals surface area contributed by atoms with Gasteiger partial charge in [-0.25, -0.2) is 0 Å². The molecule has 0 saturated carbocycles. The molecule has 1 aromatic carbocycles. The van der Waals surface area contributed by atoms with Crippen molar-refractivity contribution in [3.63, 3.8) is 0 Å². The van der Waals surface area contributed by atoms with Crippen LogP contribution in [0.4, 0.5) is 0 Å². The Morgan fingerprint density at radius 1 is 1.20 bits per heavy atom. The SMILES string of the molecule is COc1ccc(CCC2CCCCN2CC2(C)CCNC2)cc1OC. The number of nitrogens with zero attached hydrogens (tertiary/aromatic N) is 1. The Morgan fingerprint density at radius 2 is 2.04 bits per heavy atom. The standard InChI is InChI=1S/C21H34N2O2/c1-21(11-12-22-15-21)16-23-13-5-4-6-18(23)9-7-17-8-10-19(24-2)20(14-17)25-3/h8,10,14,18,22H,4-7,9,11-13,15-16H2,1-3H3. The van der Waals surface area contributed by atoms with Gasteiger partial charge in [0.25, 0.3) is 0 Å². The zero-order chi connectivity index (χ0) is 17.7. The molecule has 0 aliphatic carbocycles. The number of aryl methyl sites for hydroxylation is 1. The largest absolute Gasteiger partial charge is 0.493 e. The summed E-state index contributed by atoms with van der Waals surface area (Å²) in [5.74, 6) is 1.65. The molecule has 4 nitrogen and oxygen atoms in total. The van der Waals surface area contributed by atoms with Crippen molar-refractivity contribution in [1.82, 2.24) is 10.2 Å². The summed E-state index contributed by atoms with van der Waals surface area (Å²) in [7, 11) is 3.40. The highest BCUT2D eigenvalue weighted by atomic mass is 16.5. The second kappa shape index (κ2) is 8.41. The van der Waals surface area contributed by atoms with Crippen LogP contribution in [0.1, 0.15) is 44.6 Å². The van der Waals surface area contributed by atoms with Crippen LogP contribution in [-0.2, 0) is 6.42 Å². The number of rotatable bonds is 7. The van der Waals surface area contributed by atoms with E-state index in [-0.39, 0.29) is 0 Å².